The molecule has 2 N–H and O–H groups in total. The second-order valence-electron chi connectivity index (χ2n) is 5.92. The summed E-state index contributed by atoms with van der Waals surface area (Å²) < 4.78 is 40.9. The van der Waals surface area contributed by atoms with Crippen LogP contribution in [0.25, 0.3) is 5.57 Å². The number of allylic oxidation sites excluding steroid dienone is 1. The minimum Gasteiger partial charge on any atom is -0.397 e. The molecule has 1 fully saturated rings. The van der Waals surface area contributed by atoms with Gasteiger partial charge in [0.1, 0.15) is 5.57 Å². The SMILES string of the molecule is C=C(CN(C(=O)C(C(F)=NC)=C(N)C(F)F)C1CC1)c1ccc(Br)cc1. The maximum absolute atomic E-state index is 14.0. The van der Waals surface area contributed by atoms with E-state index in [1.807, 2.05) is 24.3 Å². The largest absolute Gasteiger partial charge is 0.397 e. The highest BCUT2D eigenvalue weighted by Gasteiger charge is 2.37. The third kappa shape index (κ3) is 4.75. The van der Waals surface area contributed by atoms with E-state index < -0.39 is 29.6 Å². The molecule has 8 heteroatoms. The number of amides is 1. The van der Waals surface area contributed by atoms with Crippen LogP contribution in [-0.2, 0) is 4.79 Å². The van der Waals surface area contributed by atoms with Crippen molar-refractivity contribution < 1.29 is 18.0 Å². The molecule has 0 aliphatic heterocycles. The Morgan fingerprint density at radius 2 is 1.96 bits per heavy atom. The van der Waals surface area contributed by atoms with E-state index in [1.165, 1.54) is 4.90 Å². The minimum absolute atomic E-state index is 0.0855. The van der Waals surface area contributed by atoms with E-state index in [0.29, 0.717) is 18.4 Å². The summed E-state index contributed by atoms with van der Waals surface area (Å²) in [5, 5.41) is 0. The van der Waals surface area contributed by atoms with Crippen molar-refractivity contribution in [1.82, 2.24) is 4.90 Å². The van der Waals surface area contributed by atoms with Gasteiger partial charge < -0.3 is 10.6 Å². The fraction of sp³-hybridized carbons (Fsp3) is 0.333. The van der Waals surface area contributed by atoms with Gasteiger partial charge in [-0.3, -0.25) is 9.79 Å². The fourth-order valence-corrected chi connectivity index (χ4v) is 2.70. The van der Waals surface area contributed by atoms with Crippen molar-refractivity contribution in [3.05, 3.63) is 52.2 Å². The Balaban J connectivity index is 2.30. The quantitative estimate of drug-likeness (QED) is 0.527. The van der Waals surface area contributed by atoms with E-state index in [9.17, 15) is 18.0 Å². The topological polar surface area (TPSA) is 58.7 Å². The Labute approximate surface area is 158 Å². The fourth-order valence-electron chi connectivity index (χ4n) is 2.43. The highest BCUT2D eigenvalue weighted by Crippen LogP contribution is 2.31. The van der Waals surface area contributed by atoms with E-state index in [2.05, 4.69) is 27.5 Å². The molecule has 0 aromatic heterocycles. The summed E-state index contributed by atoms with van der Waals surface area (Å²) in [5.41, 5.74) is 4.71. The van der Waals surface area contributed by atoms with Gasteiger partial charge in [-0.1, -0.05) is 34.6 Å². The average Bonchev–Trinajstić information content (AvgIpc) is 3.44. The van der Waals surface area contributed by atoms with Gasteiger partial charge in [-0.05, 0) is 36.1 Å². The Morgan fingerprint density at radius 1 is 1.38 bits per heavy atom. The molecular formula is C18H19BrF3N3O. The molecule has 1 aliphatic carbocycles. The maximum Gasteiger partial charge on any atom is 0.278 e. The number of carbonyl (C=O) groups is 1. The van der Waals surface area contributed by atoms with Crippen LogP contribution in [0.1, 0.15) is 18.4 Å². The molecule has 0 saturated heterocycles. The van der Waals surface area contributed by atoms with E-state index in [1.54, 1.807) is 0 Å². The number of halogens is 4. The molecule has 0 bridgehead atoms. The van der Waals surface area contributed by atoms with Crippen LogP contribution in [0.4, 0.5) is 13.2 Å². The second kappa shape index (κ2) is 8.53. The Hall–Kier alpha value is -2.09. The molecule has 140 valence electrons. The van der Waals surface area contributed by atoms with Crippen LogP contribution in [0.2, 0.25) is 0 Å². The molecular weight excluding hydrogens is 411 g/mol. The summed E-state index contributed by atoms with van der Waals surface area (Å²) in [7, 11) is 1.07. The van der Waals surface area contributed by atoms with E-state index in [4.69, 9.17) is 5.73 Å². The second-order valence-corrected chi connectivity index (χ2v) is 6.84. The average molecular weight is 430 g/mol. The lowest BCUT2D eigenvalue weighted by Crippen LogP contribution is -2.38. The predicted octanol–water partition coefficient (Wildman–Crippen LogP) is 3.93. The van der Waals surface area contributed by atoms with Gasteiger partial charge in [0.05, 0.1) is 5.70 Å². The predicted molar refractivity (Wildman–Crippen MR) is 99.6 cm³/mol. The first kappa shape index (κ1) is 20.2. The number of nitrogens with two attached hydrogens (primary N) is 1. The minimum atomic E-state index is -3.16. The van der Waals surface area contributed by atoms with Crippen molar-refractivity contribution in [2.24, 2.45) is 10.7 Å². The standard InChI is InChI=1S/C18H19BrF3N3O/c1-10(11-3-5-12(19)6-4-11)9-25(13-7-8-13)18(26)14(17(22)24-2)15(23)16(20)21/h3-6,13,16H,1,7-9,23H2,2H3. The Bertz CT molecular complexity index is 755. The summed E-state index contributed by atoms with van der Waals surface area (Å²) in [4.78, 5) is 17.3. The summed E-state index contributed by atoms with van der Waals surface area (Å²) in [6.45, 7) is 4.05. The number of aliphatic imine (C=N–C) groups is 1. The zero-order chi connectivity index (χ0) is 19.4. The number of nitrogens with zero attached hydrogens (tertiary/aromatic N) is 2. The van der Waals surface area contributed by atoms with Crippen LogP contribution >= 0.6 is 15.9 Å². The normalized spacial score (nSPS) is 15.7. The van der Waals surface area contributed by atoms with Crippen molar-refractivity contribution in [1.29, 1.82) is 0 Å². The zero-order valence-electron chi connectivity index (χ0n) is 14.2. The van der Waals surface area contributed by atoms with Crippen molar-refractivity contribution in [2.45, 2.75) is 25.3 Å². The first-order valence-electron chi connectivity index (χ1n) is 7.91. The third-order valence-electron chi connectivity index (χ3n) is 4.00. The van der Waals surface area contributed by atoms with Gasteiger partial charge in [-0.25, -0.2) is 8.78 Å². The molecule has 2 rings (SSSR count). The molecule has 0 heterocycles. The molecule has 1 aromatic carbocycles. The number of benzene rings is 1. The molecule has 0 spiro atoms. The van der Waals surface area contributed by atoms with E-state index in [0.717, 1.165) is 17.1 Å². The zero-order valence-corrected chi connectivity index (χ0v) is 15.8. The summed E-state index contributed by atoms with van der Waals surface area (Å²) >= 11 is 3.33. The number of hydrogen-bond donors (Lipinski definition) is 1. The highest BCUT2D eigenvalue weighted by atomic mass is 79.9. The smallest absolute Gasteiger partial charge is 0.278 e. The molecule has 1 aromatic rings. The van der Waals surface area contributed by atoms with Gasteiger partial charge in [0.25, 0.3) is 12.3 Å². The molecule has 0 atom stereocenters. The van der Waals surface area contributed by atoms with Crippen LogP contribution in [0, 0.1) is 0 Å². The van der Waals surface area contributed by atoms with Crippen LogP contribution in [-0.4, -0.2) is 42.8 Å². The Morgan fingerprint density at radius 3 is 2.42 bits per heavy atom. The summed E-state index contributed by atoms with van der Waals surface area (Å²) in [6.07, 6.45) is -1.73. The molecule has 4 nitrogen and oxygen atoms in total. The van der Waals surface area contributed by atoms with Gasteiger partial charge in [-0.2, -0.15) is 4.39 Å². The third-order valence-corrected chi connectivity index (χ3v) is 4.53. The van der Waals surface area contributed by atoms with Gasteiger partial charge in [0.15, 0.2) is 0 Å². The number of rotatable bonds is 7. The van der Waals surface area contributed by atoms with E-state index in [-0.39, 0.29) is 12.6 Å². The summed E-state index contributed by atoms with van der Waals surface area (Å²) in [5.74, 6) is -2.20. The van der Waals surface area contributed by atoms with Crippen molar-refractivity contribution in [2.75, 3.05) is 13.6 Å². The van der Waals surface area contributed by atoms with Crippen LogP contribution < -0.4 is 5.73 Å². The first-order chi connectivity index (χ1) is 12.3. The lowest BCUT2D eigenvalue weighted by atomic mass is 10.1. The molecule has 1 saturated carbocycles. The molecule has 1 amide bonds. The number of hydrogen-bond acceptors (Lipinski definition) is 3. The van der Waals surface area contributed by atoms with Crippen LogP contribution in [0.3, 0.4) is 0 Å². The van der Waals surface area contributed by atoms with Crippen molar-refractivity contribution in [3.8, 4) is 0 Å². The first-order valence-corrected chi connectivity index (χ1v) is 8.70. The van der Waals surface area contributed by atoms with Gasteiger partial charge in [0.2, 0.25) is 5.97 Å². The lowest BCUT2D eigenvalue weighted by molar-refractivity contribution is -0.126. The molecule has 0 radical (unpaired) electrons. The summed E-state index contributed by atoms with van der Waals surface area (Å²) in [6, 6.07) is 7.14. The van der Waals surface area contributed by atoms with Gasteiger partial charge >= 0.3 is 0 Å². The molecule has 26 heavy (non-hydrogen) atoms. The molecule has 1 aliphatic rings. The number of alkyl halides is 2. The van der Waals surface area contributed by atoms with Gasteiger partial charge in [-0.15, -0.1) is 0 Å². The van der Waals surface area contributed by atoms with Crippen molar-refractivity contribution in [3.63, 3.8) is 0 Å². The van der Waals surface area contributed by atoms with Crippen LogP contribution in [0.5, 0.6) is 0 Å². The van der Waals surface area contributed by atoms with Crippen LogP contribution in [0.15, 0.2) is 51.6 Å². The van der Waals surface area contributed by atoms with Gasteiger partial charge in [0, 0.05) is 24.1 Å². The van der Waals surface area contributed by atoms with Crippen molar-refractivity contribution >= 4 is 33.4 Å². The molecule has 0 unspecified atom stereocenters. The lowest BCUT2D eigenvalue weighted by Gasteiger charge is -2.25. The maximum atomic E-state index is 14.0. The van der Waals surface area contributed by atoms with E-state index >= 15 is 0 Å². The monoisotopic (exact) mass is 429 g/mol. The highest BCUT2D eigenvalue weighted by molar-refractivity contribution is 9.10. The Kier molecular flexibility index (Phi) is 6.63. The number of carbonyl (C=O) groups excluding carboxylic acids is 1.